The summed E-state index contributed by atoms with van der Waals surface area (Å²) in [6.45, 7) is 0.195. The third kappa shape index (κ3) is 4.39. The summed E-state index contributed by atoms with van der Waals surface area (Å²) in [7, 11) is 4.65. The number of fused-ring (bicyclic) bond motifs is 10. The van der Waals surface area contributed by atoms with E-state index in [9.17, 15) is 24.9 Å². The van der Waals surface area contributed by atoms with Gasteiger partial charge in [-0.2, -0.15) is 0 Å². The molecule has 47 heavy (non-hydrogen) atoms. The molecule has 0 aliphatic carbocycles. The van der Waals surface area contributed by atoms with Crippen LogP contribution in [0, 0.1) is 0 Å². The van der Waals surface area contributed by atoms with Crippen molar-refractivity contribution in [1.29, 1.82) is 0 Å². The van der Waals surface area contributed by atoms with Crippen LogP contribution >= 0.6 is 0 Å². The number of carbonyl (C=O) groups excluding carboxylic acids is 2. The van der Waals surface area contributed by atoms with Gasteiger partial charge >= 0.3 is 0 Å². The predicted octanol–water partition coefficient (Wildman–Crippen LogP) is 2.00. The van der Waals surface area contributed by atoms with Crippen LogP contribution in [0.2, 0.25) is 0 Å². The number of para-hydroxylation sites is 2. The van der Waals surface area contributed by atoms with E-state index in [0.29, 0.717) is 38.3 Å². The zero-order valence-electron chi connectivity index (χ0n) is 26.0. The summed E-state index contributed by atoms with van der Waals surface area (Å²) in [5, 5.41) is 39.2. The number of hydrogen-bond acceptors (Lipinski definition) is 10. The van der Waals surface area contributed by atoms with E-state index in [2.05, 4.69) is 10.3 Å². The lowest BCUT2D eigenvalue weighted by atomic mass is 9.96. The number of likely N-dealkylation sites (N-methyl/N-ethyl adjacent to an activating group) is 1. The van der Waals surface area contributed by atoms with Gasteiger partial charge in [0.2, 0.25) is 0 Å². The second-order valence-corrected chi connectivity index (χ2v) is 12.5. The van der Waals surface area contributed by atoms with Gasteiger partial charge in [-0.25, -0.2) is 0 Å². The van der Waals surface area contributed by atoms with Crippen LogP contribution in [0.1, 0.15) is 33.4 Å². The van der Waals surface area contributed by atoms with E-state index in [1.807, 2.05) is 48.5 Å². The van der Waals surface area contributed by atoms with E-state index in [-0.39, 0.29) is 37.1 Å². The molecule has 8 rings (SSSR count). The standard InChI is InChI=1S/C34H36N4O9/c1-35-18-13-45-22(12-20(18)39)46-14-21-31(44-3)29(40)30(41)34(47-21)38-19-11-7-5-9-16(19)24-26-25(32(42)37(2)33(26)43)23-15-8-4-6-10-17(15)36-27(23)28(24)38/h4-11,18,20-22,29-31,34-36,39-41H,12-14H2,1-3H3/t18-,20-,21+,22-,29+,30+,31+,34-/m0/s1. The summed E-state index contributed by atoms with van der Waals surface area (Å²) >= 11 is 0. The molecule has 2 aromatic heterocycles. The van der Waals surface area contributed by atoms with Gasteiger partial charge in [0, 0.05) is 47.6 Å². The van der Waals surface area contributed by atoms with Crippen LogP contribution in [0.4, 0.5) is 0 Å². The van der Waals surface area contributed by atoms with Crippen LogP contribution in [0.15, 0.2) is 48.5 Å². The average molecular weight is 645 g/mol. The first kappa shape index (κ1) is 30.4. The number of nitrogens with zero attached hydrogens (tertiary/aromatic N) is 2. The Morgan fingerprint density at radius 3 is 2.40 bits per heavy atom. The van der Waals surface area contributed by atoms with E-state index in [4.69, 9.17) is 18.9 Å². The number of ether oxygens (including phenoxy) is 4. The second kappa shape index (κ2) is 11.4. The van der Waals surface area contributed by atoms with Gasteiger partial charge in [-0.1, -0.05) is 36.4 Å². The van der Waals surface area contributed by atoms with Crippen LogP contribution in [0.25, 0.3) is 43.6 Å². The first-order chi connectivity index (χ1) is 22.7. The number of aromatic nitrogens is 2. The van der Waals surface area contributed by atoms with E-state index < -0.39 is 48.9 Å². The maximum Gasteiger partial charge on any atom is 0.262 e. The van der Waals surface area contributed by atoms with Crippen molar-refractivity contribution >= 4 is 55.4 Å². The van der Waals surface area contributed by atoms with Crippen molar-refractivity contribution in [2.75, 3.05) is 34.4 Å². The molecule has 13 heteroatoms. The predicted molar refractivity (Wildman–Crippen MR) is 171 cm³/mol. The van der Waals surface area contributed by atoms with Crippen molar-refractivity contribution in [3.8, 4) is 0 Å². The van der Waals surface area contributed by atoms with Gasteiger partial charge in [0.25, 0.3) is 11.8 Å². The summed E-state index contributed by atoms with van der Waals surface area (Å²) in [5.74, 6) is -0.810. The summed E-state index contributed by atoms with van der Waals surface area (Å²) in [5.41, 5.74) is 3.17. The number of H-pyrrole nitrogens is 1. The number of aromatic amines is 1. The molecule has 246 valence electrons. The SMILES string of the molecule is CN[C@H]1CO[C@@H](OC[C@H]2O[C@H](n3c4ccccc4c4c5c(c6c7ccccc7[nH]c6c43)C(=O)N(C)C5=O)[C@H](O)[C@@H](O)[C@@H]2OC)C[C@@H]1O. The number of aliphatic hydroxyl groups excluding tert-OH is 3. The molecule has 0 saturated carbocycles. The molecule has 0 radical (unpaired) electrons. The lowest BCUT2D eigenvalue weighted by Crippen LogP contribution is -2.58. The van der Waals surface area contributed by atoms with Gasteiger partial charge in [-0.05, 0) is 19.2 Å². The fourth-order valence-corrected chi connectivity index (χ4v) is 7.62. The molecule has 2 amide bonds. The molecule has 3 aliphatic rings. The zero-order valence-corrected chi connectivity index (χ0v) is 26.0. The second-order valence-electron chi connectivity index (χ2n) is 12.5. The number of nitrogens with one attached hydrogen (secondary N) is 2. The fourth-order valence-electron chi connectivity index (χ4n) is 7.62. The molecule has 0 bridgehead atoms. The lowest BCUT2D eigenvalue weighted by Gasteiger charge is -2.43. The number of hydrogen-bond donors (Lipinski definition) is 5. The Morgan fingerprint density at radius 2 is 1.68 bits per heavy atom. The summed E-state index contributed by atoms with van der Waals surface area (Å²) < 4.78 is 25.8. The van der Waals surface area contributed by atoms with Crippen molar-refractivity contribution in [2.45, 2.75) is 55.5 Å². The topological polar surface area (TPSA) is 168 Å². The van der Waals surface area contributed by atoms with E-state index in [1.165, 1.54) is 14.2 Å². The molecule has 5 heterocycles. The number of benzene rings is 3. The van der Waals surface area contributed by atoms with Crippen molar-refractivity contribution in [3.05, 3.63) is 59.7 Å². The molecular weight excluding hydrogens is 608 g/mol. The monoisotopic (exact) mass is 644 g/mol. The molecule has 0 unspecified atom stereocenters. The number of carbonyl (C=O) groups is 2. The van der Waals surface area contributed by atoms with Gasteiger partial charge < -0.3 is 49.1 Å². The highest BCUT2D eigenvalue weighted by molar-refractivity contribution is 6.39. The number of aliphatic hydroxyl groups is 3. The molecule has 0 spiro atoms. The third-order valence-corrected chi connectivity index (χ3v) is 10.0. The number of rotatable bonds is 6. The van der Waals surface area contributed by atoms with E-state index in [1.54, 1.807) is 11.6 Å². The Morgan fingerprint density at radius 1 is 0.979 bits per heavy atom. The number of amides is 2. The Balaban J connectivity index is 1.31. The van der Waals surface area contributed by atoms with Crippen molar-refractivity contribution in [2.24, 2.45) is 0 Å². The first-order valence-electron chi connectivity index (χ1n) is 15.7. The minimum absolute atomic E-state index is 0.0630. The highest BCUT2D eigenvalue weighted by Gasteiger charge is 2.48. The summed E-state index contributed by atoms with van der Waals surface area (Å²) in [4.78, 5) is 32.1. The van der Waals surface area contributed by atoms with Crippen LogP contribution in [-0.4, -0.2) is 119 Å². The van der Waals surface area contributed by atoms with Crippen molar-refractivity contribution in [1.82, 2.24) is 19.8 Å². The molecule has 3 aliphatic heterocycles. The van der Waals surface area contributed by atoms with Gasteiger partial charge in [0.15, 0.2) is 12.5 Å². The highest BCUT2D eigenvalue weighted by Crippen LogP contribution is 2.47. The van der Waals surface area contributed by atoms with Crippen molar-refractivity contribution < 1.29 is 43.9 Å². The van der Waals surface area contributed by atoms with Gasteiger partial charge in [0.1, 0.15) is 24.4 Å². The third-order valence-electron chi connectivity index (χ3n) is 10.0. The van der Waals surface area contributed by atoms with Crippen LogP contribution in [-0.2, 0) is 18.9 Å². The van der Waals surface area contributed by atoms with Crippen LogP contribution < -0.4 is 5.32 Å². The van der Waals surface area contributed by atoms with Gasteiger partial charge in [-0.15, -0.1) is 0 Å². The average Bonchev–Trinajstić information content (AvgIpc) is 3.70. The molecule has 3 aromatic carbocycles. The Kier molecular flexibility index (Phi) is 7.35. The normalized spacial score (nSPS) is 30.0. The summed E-state index contributed by atoms with van der Waals surface area (Å²) in [6.07, 6.45) is -6.93. The Hall–Kier alpha value is -3.92. The van der Waals surface area contributed by atoms with E-state index >= 15 is 0 Å². The van der Waals surface area contributed by atoms with E-state index in [0.717, 1.165) is 15.8 Å². The quantitative estimate of drug-likeness (QED) is 0.173. The van der Waals surface area contributed by atoms with Crippen LogP contribution in [0.5, 0.6) is 0 Å². The molecule has 5 N–H and O–H groups in total. The Labute approximate surface area is 268 Å². The minimum Gasteiger partial charge on any atom is -0.391 e. The minimum atomic E-state index is -1.45. The smallest absolute Gasteiger partial charge is 0.262 e. The Bertz CT molecular complexity index is 2060. The molecule has 2 fully saturated rings. The first-order valence-corrected chi connectivity index (χ1v) is 15.7. The maximum absolute atomic E-state index is 13.8. The molecule has 8 atom stereocenters. The fraction of sp³-hybridized carbons (Fsp3) is 0.412. The summed E-state index contributed by atoms with van der Waals surface area (Å²) in [6, 6.07) is 14.8. The molecular formula is C34H36N4O9. The molecule has 2 saturated heterocycles. The molecule has 13 nitrogen and oxygen atoms in total. The van der Waals surface area contributed by atoms with Gasteiger partial charge in [-0.3, -0.25) is 14.5 Å². The largest absolute Gasteiger partial charge is 0.391 e. The number of methoxy groups -OCH3 is 1. The number of imide groups is 1. The van der Waals surface area contributed by atoms with Crippen molar-refractivity contribution in [3.63, 3.8) is 0 Å². The lowest BCUT2D eigenvalue weighted by molar-refractivity contribution is -0.275. The van der Waals surface area contributed by atoms with Crippen LogP contribution in [0.3, 0.4) is 0 Å². The molecule has 5 aromatic rings. The maximum atomic E-state index is 13.8. The highest BCUT2D eigenvalue weighted by atomic mass is 16.7. The zero-order chi connectivity index (χ0) is 32.7. The van der Waals surface area contributed by atoms with Gasteiger partial charge in [0.05, 0.1) is 53.0 Å².